The van der Waals surface area contributed by atoms with Crippen molar-refractivity contribution in [1.29, 1.82) is 0 Å². The standard InChI is InChI=1S/C15H24N2/c1-4-13-8-14(16)5-6-15(13)17-9-11(2)7-12(3)10-17/h5-6,8,11-12H,4,7,9-10,16H2,1-3H3. The minimum Gasteiger partial charge on any atom is -0.399 e. The third-order valence-corrected chi connectivity index (χ3v) is 3.69. The second-order valence-corrected chi connectivity index (χ2v) is 5.59. The van der Waals surface area contributed by atoms with Crippen LogP contribution in [0.5, 0.6) is 0 Å². The molecule has 2 N–H and O–H groups in total. The van der Waals surface area contributed by atoms with Gasteiger partial charge in [0.25, 0.3) is 0 Å². The Labute approximate surface area is 105 Å². The molecule has 2 atom stereocenters. The fraction of sp³-hybridized carbons (Fsp3) is 0.600. The summed E-state index contributed by atoms with van der Waals surface area (Å²) in [6.45, 7) is 9.27. The molecule has 1 aromatic rings. The Hall–Kier alpha value is -1.18. The van der Waals surface area contributed by atoms with Crippen LogP contribution in [0.2, 0.25) is 0 Å². The molecular weight excluding hydrogens is 208 g/mol. The van der Waals surface area contributed by atoms with E-state index in [1.165, 1.54) is 30.8 Å². The molecule has 2 unspecified atom stereocenters. The lowest BCUT2D eigenvalue weighted by Gasteiger charge is -2.37. The second-order valence-electron chi connectivity index (χ2n) is 5.59. The zero-order valence-electron chi connectivity index (χ0n) is 11.2. The van der Waals surface area contributed by atoms with Gasteiger partial charge in [0.2, 0.25) is 0 Å². The largest absolute Gasteiger partial charge is 0.399 e. The van der Waals surface area contributed by atoms with E-state index < -0.39 is 0 Å². The first-order valence-corrected chi connectivity index (χ1v) is 6.73. The van der Waals surface area contributed by atoms with E-state index in [-0.39, 0.29) is 0 Å². The van der Waals surface area contributed by atoms with E-state index in [9.17, 15) is 0 Å². The normalized spacial score (nSPS) is 25.0. The summed E-state index contributed by atoms with van der Waals surface area (Å²) in [5.74, 6) is 1.59. The summed E-state index contributed by atoms with van der Waals surface area (Å²) in [7, 11) is 0. The van der Waals surface area contributed by atoms with E-state index in [0.717, 1.165) is 23.9 Å². The summed E-state index contributed by atoms with van der Waals surface area (Å²) in [5, 5.41) is 0. The molecule has 2 rings (SSSR count). The quantitative estimate of drug-likeness (QED) is 0.793. The van der Waals surface area contributed by atoms with Crippen LogP contribution in [0, 0.1) is 11.8 Å². The molecule has 1 aromatic carbocycles. The topological polar surface area (TPSA) is 29.3 Å². The number of nitrogens with two attached hydrogens (primary N) is 1. The van der Waals surface area contributed by atoms with Gasteiger partial charge in [0.15, 0.2) is 0 Å². The van der Waals surface area contributed by atoms with Crippen molar-refractivity contribution in [2.45, 2.75) is 33.6 Å². The molecule has 94 valence electrons. The van der Waals surface area contributed by atoms with Gasteiger partial charge in [-0.05, 0) is 48.4 Å². The first-order valence-electron chi connectivity index (χ1n) is 6.73. The molecule has 1 aliphatic rings. The average molecular weight is 232 g/mol. The Morgan fingerprint density at radius 3 is 2.47 bits per heavy atom. The summed E-state index contributed by atoms with van der Waals surface area (Å²) in [6, 6.07) is 6.34. The smallest absolute Gasteiger partial charge is 0.0400 e. The van der Waals surface area contributed by atoms with Crippen molar-refractivity contribution in [3.05, 3.63) is 23.8 Å². The highest BCUT2D eigenvalue weighted by atomic mass is 15.1. The molecule has 1 fully saturated rings. The lowest BCUT2D eigenvalue weighted by molar-refractivity contribution is 0.356. The molecule has 2 heteroatoms. The molecule has 1 heterocycles. The predicted octanol–water partition coefficient (Wildman–Crippen LogP) is 3.31. The molecule has 0 radical (unpaired) electrons. The monoisotopic (exact) mass is 232 g/mol. The van der Waals surface area contributed by atoms with Crippen LogP contribution in [0.4, 0.5) is 11.4 Å². The van der Waals surface area contributed by atoms with Crippen LogP contribution in [0.3, 0.4) is 0 Å². The number of aryl methyl sites for hydroxylation is 1. The predicted molar refractivity (Wildman–Crippen MR) is 75.4 cm³/mol. The van der Waals surface area contributed by atoms with Crippen LogP contribution in [0.15, 0.2) is 18.2 Å². The lowest BCUT2D eigenvalue weighted by Crippen LogP contribution is -2.39. The summed E-state index contributed by atoms with van der Waals surface area (Å²) in [6.07, 6.45) is 2.41. The third kappa shape index (κ3) is 2.74. The number of hydrogen-bond donors (Lipinski definition) is 1. The van der Waals surface area contributed by atoms with E-state index in [0.29, 0.717) is 0 Å². The highest BCUT2D eigenvalue weighted by Gasteiger charge is 2.23. The number of hydrogen-bond acceptors (Lipinski definition) is 2. The van der Waals surface area contributed by atoms with E-state index >= 15 is 0 Å². The van der Waals surface area contributed by atoms with Gasteiger partial charge in [0, 0.05) is 24.5 Å². The zero-order valence-corrected chi connectivity index (χ0v) is 11.2. The molecule has 0 saturated carbocycles. The number of piperidine rings is 1. The van der Waals surface area contributed by atoms with Gasteiger partial charge in [-0.25, -0.2) is 0 Å². The zero-order chi connectivity index (χ0) is 12.4. The van der Waals surface area contributed by atoms with E-state index in [1.54, 1.807) is 0 Å². The molecule has 0 spiro atoms. The van der Waals surface area contributed by atoms with Crippen LogP contribution < -0.4 is 10.6 Å². The number of anilines is 2. The number of nitrogens with zero attached hydrogens (tertiary/aromatic N) is 1. The van der Waals surface area contributed by atoms with E-state index in [2.05, 4.69) is 37.8 Å². The molecule has 0 amide bonds. The summed E-state index contributed by atoms with van der Waals surface area (Å²) in [5.41, 5.74) is 9.52. The van der Waals surface area contributed by atoms with Crippen molar-refractivity contribution in [2.24, 2.45) is 11.8 Å². The van der Waals surface area contributed by atoms with Gasteiger partial charge in [0.1, 0.15) is 0 Å². The fourth-order valence-electron chi connectivity index (χ4n) is 3.06. The van der Waals surface area contributed by atoms with Gasteiger partial charge in [-0.1, -0.05) is 20.8 Å². The molecule has 1 saturated heterocycles. The summed E-state index contributed by atoms with van der Waals surface area (Å²) in [4.78, 5) is 2.54. The number of rotatable bonds is 2. The minimum atomic E-state index is 0.793. The van der Waals surface area contributed by atoms with Crippen molar-refractivity contribution >= 4 is 11.4 Å². The van der Waals surface area contributed by atoms with Gasteiger partial charge in [0.05, 0.1) is 0 Å². The molecule has 2 nitrogen and oxygen atoms in total. The van der Waals surface area contributed by atoms with Crippen LogP contribution in [0.1, 0.15) is 32.8 Å². The molecule has 0 aliphatic carbocycles. The summed E-state index contributed by atoms with van der Waals surface area (Å²) < 4.78 is 0. The van der Waals surface area contributed by atoms with Crippen molar-refractivity contribution in [2.75, 3.05) is 23.7 Å². The van der Waals surface area contributed by atoms with Crippen LogP contribution >= 0.6 is 0 Å². The first kappa shape index (κ1) is 12.3. The van der Waals surface area contributed by atoms with E-state index in [4.69, 9.17) is 5.73 Å². The molecule has 1 aliphatic heterocycles. The highest BCUT2D eigenvalue weighted by molar-refractivity contribution is 5.60. The third-order valence-electron chi connectivity index (χ3n) is 3.69. The Bertz CT molecular complexity index is 377. The first-order chi connectivity index (χ1) is 8.10. The van der Waals surface area contributed by atoms with Crippen LogP contribution in [0.25, 0.3) is 0 Å². The van der Waals surface area contributed by atoms with E-state index in [1.807, 2.05) is 6.07 Å². The van der Waals surface area contributed by atoms with Crippen LogP contribution in [-0.2, 0) is 6.42 Å². The van der Waals surface area contributed by atoms with Gasteiger partial charge in [-0.15, -0.1) is 0 Å². The SMILES string of the molecule is CCc1cc(N)ccc1N1CC(C)CC(C)C1. The van der Waals surface area contributed by atoms with Gasteiger partial charge < -0.3 is 10.6 Å². The van der Waals surface area contributed by atoms with Gasteiger partial charge in [-0.2, -0.15) is 0 Å². The minimum absolute atomic E-state index is 0.793. The van der Waals surface area contributed by atoms with Crippen LogP contribution in [-0.4, -0.2) is 13.1 Å². The maximum absolute atomic E-state index is 5.87. The van der Waals surface area contributed by atoms with Crippen molar-refractivity contribution < 1.29 is 0 Å². The average Bonchev–Trinajstić information content (AvgIpc) is 2.27. The summed E-state index contributed by atoms with van der Waals surface area (Å²) >= 11 is 0. The molecule has 0 aromatic heterocycles. The number of nitrogen functional groups attached to an aromatic ring is 1. The maximum Gasteiger partial charge on any atom is 0.0400 e. The van der Waals surface area contributed by atoms with Gasteiger partial charge in [-0.3, -0.25) is 0 Å². The Morgan fingerprint density at radius 2 is 1.88 bits per heavy atom. The fourth-order valence-corrected chi connectivity index (χ4v) is 3.06. The highest BCUT2D eigenvalue weighted by Crippen LogP contribution is 2.30. The van der Waals surface area contributed by atoms with Crippen molar-refractivity contribution in [1.82, 2.24) is 0 Å². The molecule has 0 bridgehead atoms. The second kappa shape index (κ2) is 4.99. The van der Waals surface area contributed by atoms with Crippen molar-refractivity contribution in [3.63, 3.8) is 0 Å². The molecular formula is C15H24N2. The molecule has 17 heavy (non-hydrogen) atoms. The number of benzene rings is 1. The Balaban J connectivity index is 2.26. The Kier molecular flexibility index (Phi) is 3.60. The van der Waals surface area contributed by atoms with Gasteiger partial charge >= 0.3 is 0 Å². The van der Waals surface area contributed by atoms with Crippen molar-refractivity contribution in [3.8, 4) is 0 Å². The lowest BCUT2D eigenvalue weighted by atomic mass is 9.91. The Morgan fingerprint density at radius 1 is 1.24 bits per heavy atom. The maximum atomic E-state index is 5.87.